The zero-order valence-corrected chi connectivity index (χ0v) is 22.5. The van der Waals surface area contributed by atoms with Crippen LogP contribution in [0.1, 0.15) is 21.5 Å². The summed E-state index contributed by atoms with van der Waals surface area (Å²) in [4.78, 5) is 27.1. The zero-order valence-electron chi connectivity index (χ0n) is 18.9. The van der Waals surface area contributed by atoms with Crippen LogP contribution in [0.2, 0.25) is 0 Å². The van der Waals surface area contributed by atoms with Crippen molar-refractivity contribution in [1.29, 1.82) is 0 Å². The molecule has 4 aromatic rings. The first kappa shape index (κ1) is 26.1. The molecule has 4 rings (SSSR count). The van der Waals surface area contributed by atoms with Crippen molar-refractivity contribution >= 4 is 51.8 Å². The van der Waals surface area contributed by atoms with Crippen LogP contribution in [0, 0.1) is 0 Å². The van der Waals surface area contributed by atoms with Crippen LogP contribution in [0.4, 0.5) is 0 Å². The van der Waals surface area contributed by atoms with Gasteiger partial charge < -0.3 is 14.6 Å². The van der Waals surface area contributed by atoms with Gasteiger partial charge in [-0.15, -0.1) is 11.8 Å². The van der Waals surface area contributed by atoms with Crippen molar-refractivity contribution in [3.8, 4) is 5.75 Å². The van der Waals surface area contributed by atoms with E-state index in [1.54, 1.807) is 48.2 Å². The van der Waals surface area contributed by atoms with Crippen molar-refractivity contribution in [2.75, 3.05) is 13.4 Å². The third kappa shape index (κ3) is 5.59. The summed E-state index contributed by atoms with van der Waals surface area (Å²) in [5.74, 6) is -1.25. The van der Waals surface area contributed by atoms with Gasteiger partial charge in [0.15, 0.2) is 5.78 Å². The Morgan fingerprint density at radius 2 is 1.65 bits per heavy atom. The van der Waals surface area contributed by atoms with E-state index in [4.69, 9.17) is 4.74 Å². The second-order valence-electron chi connectivity index (χ2n) is 7.15. The van der Waals surface area contributed by atoms with Crippen LogP contribution in [0.3, 0.4) is 0 Å². The van der Waals surface area contributed by atoms with Crippen LogP contribution >= 0.6 is 23.5 Å². The molecule has 0 radical (unpaired) electrons. The molecule has 9 heteroatoms. The normalized spacial score (nSPS) is 11.5. The molecule has 6 nitrogen and oxygen atoms in total. The summed E-state index contributed by atoms with van der Waals surface area (Å²) in [5.41, 5.74) is 2.59. The number of ether oxygens (including phenoxy) is 1. The Morgan fingerprint density at radius 1 is 0.971 bits per heavy atom. The molecule has 1 aromatic heterocycles. The fourth-order valence-corrected chi connectivity index (χ4v) is 4.52. The fraction of sp³-hybridized carbons (Fsp3) is 0.120. The third-order valence-corrected chi connectivity index (χ3v) is 6.53. The van der Waals surface area contributed by atoms with Gasteiger partial charge in [0.25, 0.3) is 0 Å². The molecule has 34 heavy (non-hydrogen) atoms. The van der Waals surface area contributed by atoms with Gasteiger partial charge in [0.05, 0.1) is 24.8 Å². The Bertz CT molecular complexity index is 1370. The zero-order chi connectivity index (χ0) is 23.4. The van der Waals surface area contributed by atoms with Crippen molar-refractivity contribution in [1.82, 2.24) is 8.75 Å². The van der Waals surface area contributed by atoms with Gasteiger partial charge in [-0.3, -0.25) is 4.79 Å². The molecule has 0 amide bonds. The van der Waals surface area contributed by atoms with E-state index in [9.17, 15) is 14.7 Å². The smallest absolute Gasteiger partial charge is 0.545 e. The number of carbonyl (C=O) groups excluding carboxylic acids is 2. The van der Waals surface area contributed by atoms with E-state index in [-0.39, 0.29) is 52.9 Å². The van der Waals surface area contributed by atoms with Crippen LogP contribution < -0.4 is 39.4 Å². The Hall–Kier alpha value is -2.49. The molecule has 0 atom stereocenters. The molecular formula is C25H19N2NaO4S2. The van der Waals surface area contributed by atoms with Crippen molar-refractivity contribution in [2.24, 2.45) is 0 Å². The molecule has 0 spiro atoms. The summed E-state index contributed by atoms with van der Waals surface area (Å²) in [7, 11) is 1.54. The van der Waals surface area contributed by atoms with E-state index in [2.05, 4.69) is 8.75 Å². The van der Waals surface area contributed by atoms with Gasteiger partial charge in [0, 0.05) is 28.0 Å². The number of ketones is 1. The van der Waals surface area contributed by atoms with Gasteiger partial charge in [0.2, 0.25) is 0 Å². The van der Waals surface area contributed by atoms with E-state index < -0.39 is 5.97 Å². The minimum atomic E-state index is -1.43. The molecule has 0 unspecified atom stereocenters. The number of fused-ring (bicyclic) bond motifs is 1. The number of hydrogen-bond donors (Lipinski definition) is 0. The van der Waals surface area contributed by atoms with Gasteiger partial charge >= 0.3 is 29.6 Å². The molecule has 3 aromatic carbocycles. The van der Waals surface area contributed by atoms with Crippen LogP contribution in [0.5, 0.6) is 5.75 Å². The van der Waals surface area contributed by atoms with Crippen LogP contribution in [0.25, 0.3) is 16.6 Å². The molecule has 0 saturated heterocycles. The molecule has 0 bridgehead atoms. The second-order valence-corrected chi connectivity index (χ2v) is 8.56. The fourth-order valence-electron chi connectivity index (χ4n) is 3.59. The number of thioether (sulfide) groups is 1. The number of aromatic nitrogens is 2. The average molecular weight is 499 g/mol. The molecule has 0 fully saturated rings. The Morgan fingerprint density at radius 3 is 2.32 bits per heavy atom. The topological polar surface area (TPSA) is 92.2 Å². The summed E-state index contributed by atoms with van der Waals surface area (Å²) in [6.07, 6.45) is 2.01. The number of methoxy groups -OCH3 is 1. The first-order valence-corrected chi connectivity index (χ1v) is 11.9. The monoisotopic (exact) mass is 498 g/mol. The van der Waals surface area contributed by atoms with E-state index in [0.29, 0.717) is 33.5 Å². The predicted octanol–water partition coefficient (Wildman–Crippen LogP) is 1.05. The summed E-state index contributed by atoms with van der Waals surface area (Å²) in [6.45, 7) is 0. The first-order valence-electron chi connectivity index (χ1n) is 9.99. The molecule has 0 aliphatic heterocycles. The van der Waals surface area contributed by atoms with Gasteiger partial charge in [0.1, 0.15) is 16.8 Å². The van der Waals surface area contributed by atoms with Crippen LogP contribution in [-0.2, 0) is 11.2 Å². The maximum absolute atomic E-state index is 13.7. The number of carboxylic acids is 1. The van der Waals surface area contributed by atoms with Crippen LogP contribution in [-0.4, -0.2) is 33.9 Å². The van der Waals surface area contributed by atoms with Gasteiger partial charge in [-0.2, -0.15) is 8.75 Å². The standard InChI is InChI=1S/C25H20N2O4S2.Na/c1-31-22-6-4-3-5-16(22)13-19(24(28)15-7-10-18(32-2)11-8-15)23(25(29)30)17-9-12-20-21(14-17)27-33-26-20;/h3-12,14H,13H2,1-2H3,(H,29,30);/q;+1/p-1. The van der Waals surface area contributed by atoms with Gasteiger partial charge in [-0.25, -0.2) is 0 Å². The molecule has 1 heterocycles. The Kier molecular flexibility index (Phi) is 9.04. The number of Topliss-reactive ketones (excluding diaryl/α,β-unsaturated/α-hetero) is 1. The average Bonchev–Trinajstić information content (AvgIpc) is 3.31. The van der Waals surface area contributed by atoms with Crippen molar-refractivity contribution in [3.63, 3.8) is 0 Å². The molecule has 0 N–H and O–H groups in total. The number of rotatable bonds is 8. The summed E-state index contributed by atoms with van der Waals surface area (Å²) in [5, 5.41) is 12.4. The van der Waals surface area contributed by atoms with Crippen molar-refractivity contribution in [2.45, 2.75) is 11.3 Å². The number of benzene rings is 3. The van der Waals surface area contributed by atoms with E-state index in [1.807, 2.05) is 36.6 Å². The maximum Gasteiger partial charge on any atom is 1.00 e. The Labute approximate surface area is 227 Å². The van der Waals surface area contributed by atoms with E-state index in [0.717, 1.165) is 16.6 Å². The molecule has 166 valence electrons. The maximum atomic E-state index is 13.7. The molecular weight excluding hydrogens is 479 g/mol. The summed E-state index contributed by atoms with van der Waals surface area (Å²) >= 11 is 2.60. The number of aliphatic carboxylic acids is 1. The van der Waals surface area contributed by atoms with E-state index >= 15 is 0 Å². The second kappa shape index (κ2) is 11.8. The minimum Gasteiger partial charge on any atom is -0.545 e. The summed E-state index contributed by atoms with van der Waals surface area (Å²) in [6, 6.07) is 19.2. The summed E-state index contributed by atoms with van der Waals surface area (Å²) < 4.78 is 13.8. The molecule has 0 saturated carbocycles. The number of allylic oxidation sites excluding steroid dienone is 1. The number of para-hydroxylation sites is 1. The number of carbonyl (C=O) groups is 2. The predicted molar refractivity (Wildman–Crippen MR) is 129 cm³/mol. The quantitative estimate of drug-likeness (QED) is 0.155. The first-order chi connectivity index (χ1) is 16.0. The SMILES string of the molecule is COc1ccccc1CC(C(=O)c1ccc(SC)cc1)=C(C(=O)[O-])c1ccc2nsnc2c1.[Na+]. The van der Waals surface area contributed by atoms with Gasteiger partial charge in [-0.05, 0) is 59.8 Å². The van der Waals surface area contributed by atoms with Gasteiger partial charge in [-0.1, -0.05) is 24.3 Å². The molecule has 0 aliphatic rings. The Balaban J connectivity index is 0.00000324. The minimum absolute atomic E-state index is 0. The molecule has 0 aliphatic carbocycles. The number of nitrogens with zero attached hydrogens (tertiary/aromatic N) is 2. The van der Waals surface area contributed by atoms with Crippen LogP contribution in [0.15, 0.2) is 77.2 Å². The number of hydrogen-bond acceptors (Lipinski definition) is 8. The largest absolute Gasteiger partial charge is 1.00 e. The van der Waals surface area contributed by atoms with Crippen molar-refractivity contribution < 1.29 is 49.0 Å². The third-order valence-electron chi connectivity index (χ3n) is 5.23. The van der Waals surface area contributed by atoms with E-state index in [1.165, 1.54) is 7.11 Å². The van der Waals surface area contributed by atoms with Crippen molar-refractivity contribution in [3.05, 3.63) is 89.0 Å². The number of carboxylic acid groups (broad SMARTS) is 1.